The van der Waals surface area contributed by atoms with Crippen LogP contribution in [0.4, 0.5) is 5.69 Å². The van der Waals surface area contributed by atoms with Crippen LogP contribution in [0.25, 0.3) is 0 Å². The smallest absolute Gasteiger partial charge is 0.342 e. The molecule has 2 aromatic carbocycles. The van der Waals surface area contributed by atoms with Crippen LogP contribution >= 0.6 is 0 Å². The number of hydrogen-bond donors (Lipinski definition) is 1. The van der Waals surface area contributed by atoms with E-state index in [1.807, 2.05) is 6.07 Å². The molecule has 0 atom stereocenters. The molecule has 5 nitrogen and oxygen atoms in total. The first kappa shape index (κ1) is 14.4. The van der Waals surface area contributed by atoms with E-state index in [0.717, 1.165) is 5.56 Å². The van der Waals surface area contributed by atoms with Gasteiger partial charge in [-0.15, -0.1) is 0 Å². The molecular weight excluding hydrogens is 268 g/mol. The molecule has 0 radical (unpaired) electrons. The van der Waals surface area contributed by atoms with Crippen LogP contribution in [0.2, 0.25) is 0 Å². The zero-order chi connectivity index (χ0) is 15.2. The molecule has 106 valence electrons. The minimum absolute atomic E-state index is 0.0757. The summed E-state index contributed by atoms with van der Waals surface area (Å²) in [6, 6.07) is 13.8. The summed E-state index contributed by atoms with van der Waals surface area (Å²) in [6.45, 7) is 0.0757. The lowest BCUT2D eigenvalue weighted by Crippen LogP contribution is -2.08. The lowest BCUT2D eigenvalue weighted by Gasteiger charge is -2.10. The van der Waals surface area contributed by atoms with Crippen LogP contribution in [0.1, 0.15) is 21.5 Å². The topological polar surface area (TPSA) is 85.3 Å². The number of methoxy groups -OCH3 is 1. The fourth-order valence-electron chi connectivity index (χ4n) is 1.90. The average molecular weight is 282 g/mol. The molecule has 0 heterocycles. The molecule has 0 aliphatic carbocycles. The van der Waals surface area contributed by atoms with Gasteiger partial charge in [-0.25, -0.2) is 4.79 Å². The Morgan fingerprint density at radius 1 is 1.29 bits per heavy atom. The van der Waals surface area contributed by atoms with Crippen LogP contribution in [0, 0.1) is 11.3 Å². The second kappa shape index (κ2) is 6.44. The fourth-order valence-corrected chi connectivity index (χ4v) is 1.90. The quantitative estimate of drug-likeness (QED) is 0.688. The third-order valence-corrected chi connectivity index (χ3v) is 2.90. The first-order valence-corrected chi connectivity index (χ1v) is 6.24. The zero-order valence-corrected chi connectivity index (χ0v) is 11.5. The van der Waals surface area contributed by atoms with Crippen molar-refractivity contribution in [2.75, 3.05) is 12.8 Å². The number of anilines is 1. The molecule has 0 saturated carbocycles. The molecule has 0 fully saturated rings. The molecule has 0 aromatic heterocycles. The maximum Gasteiger partial charge on any atom is 0.342 e. The third-order valence-electron chi connectivity index (χ3n) is 2.90. The predicted molar refractivity (Wildman–Crippen MR) is 77.7 cm³/mol. The molecule has 0 amide bonds. The highest BCUT2D eigenvalue weighted by Gasteiger charge is 2.15. The third kappa shape index (κ3) is 3.31. The summed E-state index contributed by atoms with van der Waals surface area (Å²) in [6.07, 6.45) is 0. The van der Waals surface area contributed by atoms with E-state index in [9.17, 15) is 4.79 Å². The van der Waals surface area contributed by atoms with Crippen molar-refractivity contribution in [1.82, 2.24) is 0 Å². The number of para-hydroxylation sites is 1. The summed E-state index contributed by atoms with van der Waals surface area (Å²) in [5.74, 6) is -0.227. The average Bonchev–Trinajstić information content (AvgIpc) is 2.52. The Morgan fingerprint density at radius 2 is 2.05 bits per heavy atom. The number of rotatable bonds is 4. The number of ether oxygens (including phenoxy) is 2. The van der Waals surface area contributed by atoms with E-state index in [2.05, 4.69) is 0 Å². The van der Waals surface area contributed by atoms with Crippen LogP contribution in [0.5, 0.6) is 5.75 Å². The van der Waals surface area contributed by atoms with Crippen molar-refractivity contribution in [2.45, 2.75) is 6.61 Å². The number of benzene rings is 2. The first-order valence-electron chi connectivity index (χ1n) is 6.24. The van der Waals surface area contributed by atoms with Gasteiger partial charge in [-0.2, -0.15) is 5.26 Å². The van der Waals surface area contributed by atoms with Crippen molar-refractivity contribution in [2.24, 2.45) is 0 Å². The number of hydrogen-bond acceptors (Lipinski definition) is 5. The van der Waals surface area contributed by atoms with Gasteiger partial charge in [0.1, 0.15) is 12.2 Å². The first-order chi connectivity index (χ1) is 10.2. The van der Waals surface area contributed by atoms with Crippen molar-refractivity contribution in [3.8, 4) is 11.8 Å². The number of esters is 1. The Bertz CT molecular complexity index is 705. The van der Waals surface area contributed by atoms with Gasteiger partial charge in [0, 0.05) is 0 Å². The fraction of sp³-hybridized carbons (Fsp3) is 0.125. The largest absolute Gasteiger partial charge is 0.494 e. The van der Waals surface area contributed by atoms with E-state index in [-0.39, 0.29) is 12.2 Å². The van der Waals surface area contributed by atoms with E-state index < -0.39 is 5.97 Å². The van der Waals surface area contributed by atoms with Gasteiger partial charge in [0.05, 0.1) is 24.4 Å². The normalized spacial score (nSPS) is 9.71. The second-order valence-corrected chi connectivity index (χ2v) is 4.32. The SMILES string of the molecule is COc1c(N)cccc1C(=O)OCc1cccc(C#N)c1. The van der Waals surface area contributed by atoms with Crippen molar-refractivity contribution in [3.05, 3.63) is 59.2 Å². The van der Waals surface area contributed by atoms with Crippen LogP contribution in [-0.2, 0) is 11.3 Å². The standard InChI is InChI=1S/C16H14N2O3/c1-20-15-13(6-3-7-14(15)18)16(19)21-10-12-5-2-4-11(8-12)9-17/h2-8H,10,18H2,1H3. The van der Waals surface area contributed by atoms with E-state index in [4.69, 9.17) is 20.5 Å². The van der Waals surface area contributed by atoms with Crippen molar-refractivity contribution < 1.29 is 14.3 Å². The van der Waals surface area contributed by atoms with Crippen LogP contribution in [0.3, 0.4) is 0 Å². The van der Waals surface area contributed by atoms with Crippen molar-refractivity contribution in [1.29, 1.82) is 5.26 Å². The number of carbonyl (C=O) groups excluding carboxylic acids is 1. The van der Waals surface area contributed by atoms with Gasteiger partial charge >= 0.3 is 5.97 Å². The van der Waals surface area contributed by atoms with Gasteiger partial charge in [-0.1, -0.05) is 18.2 Å². The zero-order valence-electron chi connectivity index (χ0n) is 11.5. The summed E-state index contributed by atoms with van der Waals surface area (Å²) >= 11 is 0. The van der Waals surface area contributed by atoms with Crippen LogP contribution in [0.15, 0.2) is 42.5 Å². The van der Waals surface area contributed by atoms with E-state index >= 15 is 0 Å². The predicted octanol–water partition coefficient (Wildman–Crippen LogP) is 2.51. The summed E-state index contributed by atoms with van der Waals surface area (Å²) < 4.78 is 10.3. The minimum Gasteiger partial charge on any atom is -0.494 e. The number of nitrogens with two attached hydrogens (primary N) is 1. The van der Waals surface area contributed by atoms with Crippen LogP contribution < -0.4 is 10.5 Å². The Kier molecular flexibility index (Phi) is 4.42. The monoisotopic (exact) mass is 282 g/mol. The van der Waals surface area contributed by atoms with Gasteiger partial charge in [-0.05, 0) is 29.8 Å². The minimum atomic E-state index is -0.526. The van der Waals surface area contributed by atoms with Crippen molar-refractivity contribution in [3.63, 3.8) is 0 Å². The van der Waals surface area contributed by atoms with E-state index in [0.29, 0.717) is 17.0 Å². The van der Waals surface area contributed by atoms with Gasteiger partial charge < -0.3 is 15.2 Å². The molecule has 0 spiro atoms. The molecule has 0 saturated heterocycles. The Labute approximate surface area is 122 Å². The number of nitrogen functional groups attached to an aromatic ring is 1. The summed E-state index contributed by atoms with van der Waals surface area (Å²) in [5.41, 5.74) is 7.65. The highest BCUT2D eigenvalue weighted by atomic mass is 16.5. The molecule has 0 aliphatic rings. The molecule has 2 N–H and O–H groups in total. The van der Waals surface area contributed by atoms with Crippen LogP contribution in [-0.4, -0.2) is 13.1 Å². The molecule has 2 rings (SSSR count). The van der Waals surface area contributed by atoms with Gasteiger partial charge in [0.2, 0.25) is 0 Å². The molecular formula is C16H14N2O3. The summed E-state index contributed by atoms with van der Waals surface area (Å²) in [7, 11) is 1.44. The van der Waals surface area contributed by atoms with Gasteiger partial charge in [0.25, 0.3) is 0 Å². The number of carbonyl (C=O) groups is 1. The van der Waals surface area contributed by atoms with E-state index in [1.165, 1.54) is 7.11 Å². The molecule has 0 bridgehead atoms. The maximum atomic E-state index is 12.1. The summed E-state index contributed by atoms with van der Waals surface area (Å²) in [4.78, 5) is 12.1. The highest BCUT2D eigenvalue weighted by molar-refractivity contribution is 5.94. The summed E-state index contributed by atoms with van der Waals surface area (Å²) in [5, 5.41) is 8.83. The molecule has 5 heteroatoms. The molecule has 0 aliphatic heterocycles. The number of nitriles is 1. The Hall–Kier alpha value is -3.00. The maximum absolute atomic E-state index is 12.1. The van der Waals surface area contributed by atoms with Crippen molar-refractivity contribution >= 4 is 11.7 Å². The molecule has 21 heavy (non-hydrogen) atoms. The molecule has 0 unspecified atom stereocenters. The lowest BCUT2D eigenvalue weighted by molar-refractivity contribution is 0.0469. The Morgan fingerprint density at radius 3 is 2.76 bits per heavy atom. The number of nitrogens with zero attached hydrogens (tertiary/aromatic N) is 1. The van der Waals surface area contributed by atoms with Gasteiger partial charge in [0.15, 0.2) is 5.75 Å². The lowest BCUT2D eigenvalue weighted by atomic mass is 10.1. The van der Waals surface area contributed by atoms with Gasteiger partial charge in [-0.3, -0.25) is 0 Å². The molecule has 2 aromatic rings. The second-order valence-electron chi connectivity index (χ2n) is 4.32. The Balaban J connectivity index is 2.12. The van der Waals surface area contributed by atoms with E-state index in [1.54, 1.807) is 42.5 Å². The highest BCUT2D eigenvalue weighted by Crippen LogP contribution is 2.26.